The molecule has 0 aliphatic carbocycles. The highest BCUT2D eigenvalue weighted by Crippen LogP contribution is 2.21. The van der Waals surface area contributed by atoms with E-state index < -0.39 is 17.5 Å². The number of aryl methyl sites for hydroxylation is 1. The van der Waals surface area contributed by atoms with Gasteiger partial charge in [-0.25, -0.2) is 14.5 Å². The number of carbonyl (C=O) groups excluding carboxylic acids is 1. The quantitative estimate of drug-likeness (QED) is 0.167. The Hall–Kier alpha value is -5.68. The Morgan fingerprint density at radius 3 is 2.57 bits per heavy atom. The van der Waals surface area contributed by atoms with Crippen LogP contribution >= 0.6 is 0 Å². The molecule has 0 aliphatic rings. The number of nitrogens with two attached hydrogens (primary N) is 1. The average molecular weight is 597 g/mol. The molecule has 0 fully saturated rings. The molecule has 11 nitrogen and oxygen atoms in total. The molecule has 3 N–H and O–H groups in total. The van der Waals surface area contributed by atoms with Gasteiger partial charge in [-0.05, 0) is 32.0 Å². The number of amides is 1. The zero-order valence-corrected chi connectivity index (χ0v) is 25.2. The Morgan fingerprint density at radius 2 is 1.87 bits per heavy atom. The Labute approximate surface area is 270 Å². The van der Waals surface area contributed by atoms with E-state index in [1.807, 2.05) is 14.0 Å². The molecule has 5 aromatic rings. The summed E-state index contributed by atoms with van der Waals surface area (Å²) in [4.78, 5) is 36.8. The molecule has 46 heavy (non-hydrogen) atoms. The fraction of sp³-hybridized carbons (Fsp3) is 0.161. The summed E-state index contributed by atoms with van der Waals surface area (Å²) < 4.78 is 4.38. The second-order valence-corrected chi connectivity index (χ2v) is 10.3. The molecule has 1 atom stereocenters. The minimum Gasteiger partial charge on any atom is -0.381 e. The van der Waals surface area contributed by atoms with Crippen LogP contribution in [-0.4, -0.2) is 71.2 Å². The van der Waals surface area contributed by atoms with Crippen molar-refractivity contribution in [3.8, 4) is 24.2 Å². The molecule has 0 saturated heterocycles. The number of hydrogen-bond acceptors (Lipinski definition) is 7. The summed E-state index contributed by atoms with van der Waals surface area (Å²) in [5.41, 5.74) is 7.89. The van der Waals surface area contributed by atoms with Crippen LogP contribution in [0.25, 0.3) is 16.6 Å². The normalized spacial score (nSPS) is 12.9. The first-order chi connectivity index (χ1) is 21.9. The summed E-state index contributed by atoms with van der Waals surface area (Å²) in [6, 6.07) is 5.92. The maximum atomic E-state index is 14.3. The van der Waals surface area contributed by atoms with Gasteiger partial charge in [0.05, 0.1) is 34.4 Å². The first-order valence-corrected chi connectivity index (χ1v) is 13.8. The summed E-state index contributed by atoms with van der Waals surface area (Å²) in [6.45, 7) is 3.27. The molecule has 4 heterocycles. The molecule has 0 aliphatic heterocycles. The fourth-order valence-electron chi connectivity index (χ4n) is 4.73. The molecule has 0 spiro atoms. The molecular formula is C31H23B4N9O2. The van der Waals surface area contributed by atoms with E-state index in [0.717, 1.165) is 5.69 Å². The number of anilines is 1. The minimum absolute atomic E-state index is 0.00986. The van der Waals surface area contributed by atoms with E-state index in [4.69, 9.17) is 48.5 Å². The van der Waals surface area contributed by atoms with Crippen LogP contribution < -0.4 is 16.6 Å². The van der Waals surface area contributed by atoms with Crippen LogP contribution in [0.5, 0.6) is 0 Å². The molecule has 0 bridgehead atoms. The van der Waals surface area contributed by atoms with Gasteiger partial charge in [0, 0.05) is 31.5 Å². The zero-order valence-electron chi connectivity index (χ0n) is 25.2. The summed E-state index contributed by atoms with van der Waals surface area (Å²) in [5, 5.41) is 11.4. The smallest absolute Gasteiger partial charge is 0.262 e. The van der Waals surface area contributed by atoms with Gasteiger partial charge in [0.25, 0.3) is 11.5 Å². The topological polar surface area (TPSA) is 138 Å². The lowest BCUT2D eigenvalue weighted by atomic mass is 9.66. The largest absolute Gasteiger partial charge is 0.381 e. The van der Waals surface area contributed by atoms with E-state index >= 15 is 0 Å². The van der Waals surface area contributed by atoms with E-state index in [9.17, 15) is 9.59 Å². The van der Waals surface area contributed by atoms with Crippen LogP contribution in [0.3, 0.4) is 0 Å². The van der Waals surface area contributed by atoms with Crippen molar-refractivity contribution < 1.29 is 4.79 Å². The zero-order chi connectivity index (χ0) is 33.3. The van der Waals surface area contributed by atoms with E-state index in [1.54, 1.807) is 48.3 Å². The third-order valence-corrected chi connectivity index (χ3v) is 7.37. The summed E-state index contributed by atoms with van der Waals surface area (Å²) >= 11 is 0. The van der Waals surface area contributed by atoms with Crippen LogP contribution in [0, 0.1) is 31.1 Å². The molecule has 0 saturated carbocycles. The number of nitrogens with one attached hydrogen (secondary N) is 1. The number of aromatic nitrogens is 7. The van der Waals surface area contributed by atoms with Crippen molar-refractivity contribution in [1.82, 2.24) is 39.2 Å². The highest BCUT2D eigenvalue weighted by Gasteiger charge is 2.24. The Morgan fingerprint density at radius 1 is 1.13 bits per heavy atom. The van der Waals surface area contributed by atoms with Crippen molar-refractivity contribution in [3.63, 3.8) is 0 Å². The molecule has 5 rings (SSSR count). The van der Waals surface area contributed by atoms with Crippen LogP contribution in [0.2, 0.25) is 0 Å². The van der Waals surface area contributed by atoms with E-state index in [0.29, 0.717) is 16.6 Å². The van der Waals surface area contributed by atoms with Crippen LogP contribution in [-0.2, 0) is 13.6 Å². The molecule has 1 amide bonds. The fourth-order valence-corrected chi connectivity index (χ4v) is 4.73. The molecule has 4 aromatic heterocycles. The monoisotopic (exact) mass is 597 g/mol. The molecule has 1 aromatic carbocycles. The summed E-state index contributed by atoms with van der Waals surface area (Å²) in [5.74, 6) is 7.92. The Balaban J connectivity index is 1.66. The minimum atomic E-state index is -0.854. The van der Waals surface area contributed by atoms with E-state index in [2.05, 4.69) is 38.3 Å². The third-order valence-electron chi connectivity index (χ3n) is 7.37. The molecule has 8 radical (unpaired) electrons. The first-order valence-electron chi connectivity index (χ1n) is 13.8. The third kappa shape index (κ3) is 5.87. The predicted octanol–water partition coefficient (Wildman–Crippen LogP) is 0.685. The van der Waals surface area contributed by atoms with Gasteiger partial charge in [0.1, 0.15) is 42.8 Å². The standard InChI is InChI=1S/C31H23B4N9O2/c1-5-20(32)25(34)26(35)21(33)15-43-28(16(2)39-30(45)24-27(36)41-44-13-7-12-37-29(24)44)40-22-9-6-8-18(23(22)31(43)46)10-11-19-14-38-42(4)17(19)3/h1,6-9,12-14,16H,15H2,2-4H3,(H2,36,41)(H,39,45)/b25-20-,26-21-/t16-/m1/s1. The molecule has 15 heteroatoms. The number of fused-ring (bicyclic) bond motifs is 2. The van der Waals surface area contributed by atoms with Gasteiger partial charge in [-0.2, -0.15) is 5.10 Å². The van der Waals surface area contributed by atoms with Crippen molar-refractivity contribution in [2.24, 2.45) is 7.05 Å². The van der Waals surface area contributed by atoms with Crippen LogP contribution in [0.1, 0.15) is 46.0 Å². The second-order valence-electron chi connectivity index (χ2n) is 10.3. The maximum absolute atomic E-state index is 14.3. The van der Waals surface area contributed by atoms with Crippen LogP contribution in [0.15, 0.2) is 69.5 Å². The van der Waals surface area contributed by atoms with Crippen molar-refractivity contribution in [2.45, 2.75) is 26.4 Å². The second kappa shape index (κ2) is 12.7. The highest BCUT2D eigenvalue weighted by molar-refractivity contribution is 6.44. The number of nitrogen functional groups attached to an aromatic ring is 1. The molecule has 216 valence electrons. The SMILES string of the molecule is [B]/C(C#C)=C([B])/C([B])=C(/[B])Cn1c([C@@H](C)NC(=O)c2c(N)nn3cccnc23)nc2cccc(C#Cc3cnn(C)c3C)c2c1=O. The van der Waals surface area contributed by atoms with Gasteiger partial charge in [-0.15, -0.1) is 27.9 Å². The summed E-state index contributed by atoms with van der Waals surface area (Å²) in [6.07, 6.45) is 10.1. The number of terminal acetylenes is 1. The highest BCUT2D eigenvalue weighted by atomic mass is 16.2. The molecular weight excluding hydrogens is 574 g/mol. The lowest BCUT2D eigenvalue weighted by Crippen LogP contribution is -2.35. The lowest BCUT2D eigenvalue weighted by Gasteiger charge is -2.21. The number of carbonyl (C=O) groups is 1. The summed E-state index contributed by atoms with van der Waals surface area (Å²) in [7, 11) is 26.1. The van der Waals surface area contributed by atoms with Gasteiger partial charge in [-0.3, -0.25) is 18.8 Å². The van der Waals surface area contributed by atoms with Gasteiger partial charge >= 0.3 is 0 Å². The number of rotatable bonds is 6. The van der Waals surface area contributed by atoms with Crippen LogP contribution in [0.4, 0.5) is 5.82 Å². The first kappa shape index (κ1) is 31.7. The van der Waals surface area contributed by atoms with Crippen molar-refractivity contribution in [1.29, 1.82) is 0 Å². The van der Waals surface area contributed by atoms with Gasteiger partial charge in [-0.1, -0.05) is 29.3 Å². The number of hydrogen-bond donors (Lipinski definition) is 2. The number of nitrogens with zero attached hydrogens (tertiary/aromatic N) is 7. The van der Waals surface area contributed by atoms with Gasteiger partial charge in [0.15, 0.2) is 11.5 Å². The van der Waals surface area contributed by atoms with Crippen molar-refractivity contribution in [2.75, 3.05) is 5.73 Å². The average Bonchev–Trinajstić information content (AvgIpc) is 3.56. The maximum Gasteiger partial charge on any atom is 0.262 e. The number of benzene rings is 1. The Bertz CT molecular complexity index is 2280. The van der Waals surface area contributed by atoms with Gasteiger partial charge < -0.3 is 11.1 Å². The predicted molar refractivity (Wildman–Crippen MR) is 179 cm³/mol. The van der Waals surface area contributed by atoms with E-state index in [-0.39, 0.29) is 56.7 Å². The molecule has 0 unspecified atom stereocenters. The van der Waals surface area contributed by atoms with E-state index in [1.165, 1.54) is 15.3 Å². The van der Waals surface area contributed by atoms with Crippen molar-refractivity contribution >= 4 is 59.7 Å². The Kier molecular flexibility index (Phi) is 8.79. The number of allylic oxidation sites excluding steroid dienone is 4. The van der Waals surface area contributed by atoms with Crippen molar-refractivity contribution in [3.05, 3.63) is 103 Å². The van der Waals surface area contributed by atoms with Gasteiger partial charge in [0.2, 0.25) is 0 Å². The lowest BCUT2D eigenvalue weighted by molar-refractivity contribution is 0.0939.